The molecule has 0 saturated carbocycles. The van der Waals surface area contributed by atoms with Crippen molar-refractivity contribution < 1.29 is 9.53 Å². The van der Waals surface area contributed by atoms with E-state index < -0.39 is 0 Å². The highest BCUT2D eigenvalue weighted by molar-refractivity contribution is 5.96. The number of unbranched alkanes of at least 4 members (excludes halogenated alkanes) is 10. The van der Waals surface area contributed by atoms with Crippen molar-refractivity contribution in [3.63, 3.8) is 0 Å². The maximum atomic E-state index is 13.5. The van der Waals surface area contributed by atoms with E-state index in [1.807, 2.05) is 0 Å². The van der Waals surface area contributed by atoms with E-state index in [1.54, 1.807) is 0 Å². The number of ether oxygens (including phenoxy) is 1. The second-order valence-corrected chi connectivity index (χ2v) is 15.6. The predicted octanol–water partition coefficient (Wildman–Crippen LogP) is 8.10. The third-order valence-electron chi connectivity index (χ3n) is 11.7. The van der Waals surface area contributed by atoms with Crippen molar-refractivity contribution in [2.24, 2.45) is 9.98 Å². The number of esters is 1. The van der Waals surface area contributed by atoms with Crippen LogP contribution in [-0.4, -0.2) is 70.0 Å². The first-order valence-electron chi connectivity index (χ1n) is 19.8. The molecule has 2 N–H and O–H groups in total. The average molecular weight is 649 g/mol. The van der Waals surface area contributed by atoms with Crippen LogP contribution in [0.4, 0.5) is 0 Å². The molecule has 0 bridgehead atoms. The Hall–Kier alpha value is -2.51. The molecule has 47 heavy (non-hydrogen) atoms. The number of carbonyl (C=O) groups is 1. The summed E-state index contributed by atoms with van der Waals surface area (Å²) in [5.41, 5.74) is 3.45. The number of carbonyl (C=O) groups excluding carboxylic acids is 1. The van der Waals surface area contributed by atoms with Crippen molar-refractivity contribution in [1.82, 2.24) is 20.4 Å². The Morgan fingerprint density at radius 1 is 0.830 bits per heavy atom. The van der Waals surface area contributed by atoms with Gasteiger partial charge in [-0.3, -0.25) is 0 Å². The molecular weight excluding hydrogens is 584 g/mol. The number of nitrogens with one attached hydrogen (secondary N) is 2. The number of rotatable bonds is 18. The van der Waals surface area contributed by atoms with Crippen LogP contribution in [0.15, 0.2) is 33.0 Å². The summed E-state index contributed by atoms with van der Waals surface area (Å²) in [6, 6.07) is 2.32. The van der Waals surface area contributed by atoms with Gasteiger partial charge in [0.15, 0.2) is 11.9 Å². The predicted molar refractivity (Wildman–Crippen MR) is 192 cm³/mol. The monoisotopic (exact) mass is 649 g/mol. The quantitative estimate of drug-likeness (QED) is 0.116. The molecule has 262 valence electrons. The molecule has 6 aliphatic rings. The maximum absolute atomic E-state index is 13.5. The lowest BCUT2D eigenvalue weighted by Gasteiger charge is -2.42. The van der Waals surface area contributed by atoms with Gasteiger partial charge in [0.05, 0.1) is 23.8 Å². The highest BCUT2D eigenvalue weighted by atomic mass is 16.5. The van der Waals surface area contributed by atoms with Crippen LogP contribution in [0.5, 0.6) is 0 Å². The first kappa shape index (κ1) is 34.4. The highest BCUT2D eigenvalue weighted by Gasteiger charge is 2.44. The van der Waals surface area contributed by atoms with Gasteiger partial charge in [-0.2, -0.15) is 0 Å². The first-order valence-corrected chi connectivity index (χ1v) is 19.8. The van der Waals surface area contributed by atoms with Gasteiger partial charge in [0.1, 0.15) is 0 Å². The van der Waals surface area contributed by atoms with Gasteiger partial charge in [-0.15, -0.1) is 0 Å². The Bertz CT molecular complexity index is 1210. The molecule has 0 aromatic heterocycles. The lowest BCUT2D eigenvalue weighted by molar-refractivity contribution is -0.144. The average Bonchev–Trinajstić information content (AvgIpc) is 3.65. The zero-order valence-corrected chi connectivity index (χ0v) is 30.1. The number of guanidine groups is 2. The molecule has 6 rings (SSSR count). The highest BCUT2D eigenvalue weighted by Crippen LogP contribution is 2.40. The van der Waals surface area contributed by atoms with Crippen molar-refractivity contribution in [1.29, 1.82) is 0 Å². The van der Waals surface area contributed by atoms with Crippen LogP contribution in [0.1, 0.15) is 163 Å². The minimum atomic E-state index is -0.151. The summed E-state index contributed by atoms with van der Waals surface area (Å²) in [4.78, 5) is 28.2. The molecule has 4 fully saturated rings. The Balaban J connectivity index is 0.865. The maximum Gasteiger partial charge on any atom is 0.338 e. The molecule has 6 aliphatic heterocycles. The number of nitrogens with zero attached hydrogens (tertiary/aromatic N) is 4. The van der Waals surface area contributed by atoms with Gasteiger partial charge in [0, 0.05) is 35.6 Å². The van der Waals surface area contributed by atoms with Crippen LogP contribution in [0.3, 0.4) is 0 Å². The number of hydrogen-bond donors (Lipinski definition) is 2. The third-order valence-corrected chi connectivity index (χ3v) is 11.7. The van der Waals surface area contributed by atoms with Gasteiger partial charge >= 0.3 is 5.97 Å². The summed E-state index contributed by atoms with van der Waals surface area (Å²) in [6.45, 7) is 8.61. The Labute approximate surface area is 285 Å². The van der Waals surface area contributed by atoms with Crippen LogP contribution >= 0.6 is 0 Å². The first-order chi connectivity index (χ1) is 22.9. The molecule has 7 atom stereocenters. The van der Waals surface area contributed by atoms with Gasteiger partial charge in [0.25, 0.3) is 0 Å². The van der Waals surface area contributed by atoms with Crippen LogP contribution in [0, 0.1) is 0 Å². The molecule has 0 unspecified atom stereocenters. The van der Waals surface area contributed by atoms with E-state index in [0.717, 1.165) is 49.6 Å². The normalized spacial score (nSPS) is 29.7. The van der Waals surface area contributed by atoms with Crippen molar-refractivity contribution in [2.75, 3.05) is 0 Å². The van der Waals surface area contributed by atoms with Crippen molar-refractivity contribution in [3.05, 3.63) is 23.0 Å². The van der Waals surface area contributed by atoms with E-state index in [2.05, 4.69) is 54.2 Å². The van der Waals surface area contributed by atoms with Crippen molar-refractivity contribution in [2.45, 2.75) is 205 Å². The van der Waals surface area contributed by atoms with Crippen LogP contribution in [-0.2, 0) is 9.53 Å². The topological polar surface area (TPSA) is 81.6 Å². The molecular formula is C39H64N6O2. The summed E-state index contributed by atoms with van der Waals surface area (Å²) in [5, 5.41) is 7.52. The van der Waals surface area contributed by atoms with Gasteiger partial charge in [-0.25, -0.2) is 14.8 Å². The van der Waals surface area contributed by atoms with E-state index in [4.69, 9.17) is 14.7 Å². The molecule has 6 heterocycles. The zero-order chi connectivity index (χ0) is 32.8. The Morgan fingerprint density at radius 2 is 1.43 bits per heavy atom. The van der Waals surface area contributed by atoms with E-state index in [1.165, 1.54) is 114 Å². The minimum Gasteiger partial charge on any atom is -0.459 e. The molecule has 0 aromatic rings. The summed E-state index contributed by atoms with van der Waals surface area (Å²) < 4.78 is 6.05. The smallest absolute Gasteiger partial charge is 0.338 e. The molecule has 0 aliphatic carbocycles. The molecule has 4 saturated heterocycles. The van der Waals surface area contributed by atoms with Gasteiger partial charge in [-0.05, 0) is 91.1 Å². The van der Waals surface area contributed by atoms with E-state index in [-0.39, 0.29) is 18.1 Å². The van der Waals surface area contributed by atoms with Gasteiger partial charge < -0.3 is 25.2 Å². The molecule has 0 amide bonds. The molecule has 0 spiro atoms. The standard InChI is InChI=1S/C39H64N6O2/c1-5-6-7-8-9-12-15-19-31-26-34-22-23-35-36(29(4)41-39(43-31)45(34)35)37(46)47-28(3)17-14-11-10-13-16-18-30-25-33-21-20-32-24-27(2)40-38(42-30)44(32)33/h24,27-31,33-34H,5-23,25-26H2,1-4H3,(H,40,42)(H,41,43)/t27-,28+,29-,30+,31+,33-,34-/m0/s1. The van der Waals surface area contributed by atoms with Crippen molar-refractivity contribution in [3.8, 4) is 0 Å². The Kier molecular flexibility index (Phi) is 11.9. The molecule has 0 radical (unpaired) electrons. The summed E-state index contributed by atoms with van der Waals surface area (Å²) >= 11 is 0. The second-order valence-electron chi connectivity index (χ2n) is 15.6. The number of allylic oxidation sites excluding steroid dienone is 2. The summed E-state index contributed by atoms with van der Waals surface area (Å²) in [6.07, 6.45) is 28.2. The van der Waals surface area contributed by atoms with Crippen LogP contribution in [0.25, 0.3) is 0 Å². The van der Waals surface area contributed by atoms with E-state index in [9.17, 15) is 4.79 Å². The SMILES string of the molecule is CCCCCCCCC[C@@H]1C[C@@H]2CCC3=C(C(=O)O[C@H](C)CCCCCCC[C@@H]4C[C@@H]5CCC6=C[C@H](C)N=C(N4)N65)[C@H](C)N=C(N1)N32. The number of aliphatic imine (C=N–C) groups is 2. The fourth-order valence-electron chi connectivity index (χ4n) is 9.21. The lowest BCUT2D eigenvalue weighted by atomic mass is 9.96. The fourth-order valence-corrected chi connectivity index (χ4v) is 9.21. The number of hydrogen-bond acceptors (Lipinski definition) is 8. The molecule has 8 heteroatoms. The van der Waals surface area contributed by atoms with Crippen LogP contribution < -0.4 is 10.6 Å². The van der Waals surface area contributed by atoms with E-state index >= 15 is 0 Å². The van der Waals surface area contributed by atoms with Gasteiger partial charge in [-0.1, -0.05) is 77.6 Å². The van der Waals surface area contributed by atoms with Crippen molar-refractivity contribution >= 4 is 17.9 Å². The van der Waals surface area contributed by atoms with E-state index in [0.29, 0.717) is 30.2 Å². The second kappa shape index (κ2) is 16.3. The lowest BCUT2D eigenvalue weighted by Crippen LogP contribution is -2.56. The molecule has 8 nitrogen and oxygen atoms in total. The molecule has 0 aromatic carbocycles. The fraction of sp³-hybridized carbons (Fsp3) is 0.821. The summed E-state index contributed by atoms with van der Waals surface area (Å²) in [7, 11) is 0. The Morgan fingerprint density at radius 3 is 2.13 bits per heavy atom. The largest absolute Gasteiger partial charge is 0.459 e. The minimum absolute atomic E-state index is 0.0605. The summed E-state index contributed by atoms with van der Waals surface area (Å²) in [5.74, 6) is 1.99. The third kappa shape index (κ3) is 8.39. The zero-order valence-electron chi connectivity index (χ0n) is 30.1. The van der Waals surface area contributed by atoms with Crippen LogP contribution in [0.2, 0.25) is 0 Å². The van der Waals surface area contributed by atoms with Gasteiger partial charge in [0.2, 0.25) is 0 Å².